The number of benzene rings is 1. The Morgan fingerprint density at radius 1 is 1.32 bits per heavy atom. The van der Waals surface area contributed by atoms with Crippen molar-refractivity contribution in [2.24, 2.45) is 0 Å². The smallest absolute Gasteiger partial charge is 0.165 e. The summed E-state index contributed by atoms with van der Waals surface area (Å²) in [6, 6.07) is 3.73. The number of ketones is 1. The number of carbonyl (C=O) groups is 1. The molecule has 0 radical (unpaired) electrons. The number of phenols is 1. The predicted octanol–water partition coefficient (Wildman–Crippen LogP) is 2.65. The van der Waals surface area contributed by atoms with Crippen LogP contribution in [0.2, 0.25) is 0 Å². The van der Waals surface area contributed by atoms with Gasteiger partial charge in [-0.3, -0.25) is 4.79 Å². The lowest BCUT2D eigenvalue weighted by Gasteiger charge is -2.33. The Morgan fingerprint density at radius 3 is 3.11 bits per heavy atom. The maximum Gasteiger partial charge on any atom is 0.165 e. The van der Waals surface area contributed by atoms with E-state index in [9.17, 15) is 9.90 Å². The molecule has 0 amide bonds. The van der Waals surface area contributed by atoms with Gasteiger partial charge in [-0.05, 0) is 37.0 Å². The summed E-state index contributed by atoms with van der Waals surface area (Å²) < 4.78 is 5.96. The molecule has 2 unspecified atom stereocenters. The van der Waals surface area contributed by atoms with Crippen molar-refractivity contribution in [3.05, 3.63) is 35.4 Å². The number of hydrogen-bond acceptors (Lipinski definition) is 3. The third-order valence-electron chi connectivity index (χ3n) is 4.76. The second kappa shape index (κ2) is 3.62. The number of phenolic OH excluding ortho intramolecular Hbond substituents is 1. The molecule has 0 bridgehead atoms. The number of allylic oxidation sites excluding steroid dienone is 1. The fourth-order valence-electron chi connectivity index (χ4n) is 3.87. The number of aromatic hydroxyl groups is 1. The van der Waals surface area contributed by atoms with Crippen molar-refractivity contribution in [2.45, 2.75) is 43.6 Å². The van der Waals surface area contributed by atoms with Crippen molar-refractivity contribution in [1.29, 1.82) is 0 Å². The van der Waals surface area contributed by atoms with Crippen molar-refractivity contribution in [1.82, 2.24) is 0 Å². The standard InChI is InChI=1S/C16H16O3/c17-11-6-8-16-7-2-1-3-10-4-5-12(18)15(14(10)16)19-13(16)9-11/h4-6,8,13,18H,1-3,7,9H2. The molecule has 1 aromatic rings. The molecule has 3 nitrogen and oxygen atoms in total. The van der Waals surface area contributed by atoms with Crippen LogP contribution in [0.4, 0.5) is 0 Å². The van der Waals surface area contributed by atoms with Gasteiger partial charge in [0.05, 0.1) is 5.41 Å². The molecular weight excluding hydrogens is 240 g/mol. The molecule has 1 N–H and O–H groups in total. The van der Waals surface area contributed by atoms with E-state index in [4.69, 9.17) is 4.74 Å². The van der Waals surface area contributed by atoms with Gasteiger partial charge in [0.25, 0.3) is 0 Å². The molecule has 0 aromatic heterocycles. The molecule has 3 heteroatoms. The Bertz CT molecular complexity index is 602. The zero-order valence-corrected chi connectivity index (χ0v) is 10.7. The van der Waals surface area contributed by atoms with Crippen LogP contribution in [-0.4, -0.2) is 17.0 Å². The van der Waals surface area contributed by atoms with E-state index in [2.05, 4.69) is 0 Å². The Morgan fingerprint density at radius 2 is 2.21 bits per heavy atom. The highest BCUT2D eigenvalue weighted by Crippen LogP contribution is 2.55. The molecule has 0 fully saturated rings. The maximum absolute atomic E-state index is 11.7. The fraction of sp³-hybridized carbons (Fsp3) is 0.438. The van der Waals surface area contributed by atoms with Gasteiger partial charge in [0, 0.05) is 12.0 Å². The van der Waals surface area contributed by atoms with Gasteiger partial charge in [0.2, 0.25) is 0 Å². The van der Waals surface area contributed by atoms with E-state index in [0.717, 1.165) is 31.2 Å². The number of carbonyl (C=O) groups excluding carboxylic acids is 1. The van der Waals surface area contributed by atoms with Crippen molar-refractivity contribution >= 4 is 5.78 Å². The van der Waals surface area contributed by atoms with Crippen LogP contribution in [0.3, 0.4) is 0 Å². The highest BCUT2D eigenvalue weighted by molar-refractivity contribution is 5.92. The number of ether oxygens (including phenoxy) is 1. The second-order valence-electron chi connectivity index (χ2n) is 5.81. The molecule has 4 rings (SSSR count). The topological polar surface area (TPSA) is 46.5 Å². The summed E-state index contributed by atoms with van der Waals surface area (Å²) in [5.41, 5.74) is 2.22. The third kappa shape index (κ3) is 1.36. The lowest BCUT2D eigenvalue weighted by Crippen LogP contribution is -2.40. The molecule has 0 saturated carbocycles. The van der Waals surface area contributed by atoms with Crippen LogP contribution in [-0.2, 0) is 16.6 Å². The second-order valence-corrected chi connectivity index (χ2v) is 5.81. The fourth-order valence-corrected chi connectivity index (χ4v) is 3.87. The molecule has 19 heavy (non-hydrogen) atoms. The Labute approximate surface area is 111 Å². The van der Waals surface area contributed by atoms with E-state index in [-0.39, 0.29) is 23.1 Å². The van der Waals surface area contributed by atoms with E-state index in [1.807, 2.05) is 12.1 Å². The first-order chi connectivity index (χ1) is 9.21. The van der Waals surface area contributed by atoms with Gasteiger partial charge >= 0.3 is 0 Å². The zero-order valence-electron chi connectivity index (χ0n) is 10.7. The van der Waals surface area contributed by atoms with Crippen LogP contribution < -0.4 is 4.74 Å². The largest absolute Gasteiger partial charge is 0.504 e. The number of hydrogen-bond donors (Lipinski definition) is 1. The third-order valence-corrected chi connectivity index (χ3v) is 4.76. The van der Waals surface area contributed by atoms with Crippen LogP contribution in [0.25, 0.3) is 0 Å². The van der Waals surface area contributed by atoms with Crippen molar-refractivity contribution in [3.8, 4) is 11.5 Å². The normalized spacial score (nSPS) is 31.4. The highest BCUT2D eigenvalue weighted by atomic mass is 16.5. The molecule has 98 valence electrons. The van der Waals surface area contributed by atoms with Gasteiger partial charge in [0.15, 0.2) is 17.3 Å². The summed E-state index contributed by atoms with van der Waals surface area (Å²) in [4.78, 5) is 11.7. The maximum atomic E-state index is 11.7. The summed E-state index contributed by atoms with van der Waals surface area (Å²) in [6.45, 7) is 0. The number of aryl methyl sites for hydroxylation is 1. The molecule has 2 aliphatic carbocycles. The van der Waals surface area contributed by atoms with Gasteiger partial charge < -0.3 is 9.84 Å². The lowest BCUT2D eigenvalue weighted by atomic mass is 9.69. The molecule has 3 aliphatic rings. The predicted molar refractivity (Wildman–Crippen MR) is 70.5 cm³/mol. The summed E-state index contributed by atoms with van der Waals surface area (Å²) in [5.74, 6) is 0.938. The quantitative estimate of drug-likeness (QED) is 0.776. The monoisotopic (exact) mass is 256 g/mol. The van der Waals surface area contributed by atoms with E-state index in [1.165, 1.54) is 5.56 Å². The van der Waals surface area contributed by atoms with Gasteiger partial charge in [-0.1, -0.05) is 18.6 Å². The summed E-state index contributed by atoms with van der Waals surface area (Å²) in [5, 5.41) is 10.1. The SMILES string of the molecule is O=C1C=CC23CCCCc4ccc(O)c(c42)OC3C1. The van der Waals surface area contributed by atoms with E-state index in [1.54, 1.807) is 12.1 Å². The van der Waals surface area contributed by atoms with Crippen molar-refractivity contribution in [2.75, 3.05) is 0 Å². The summed E-state index contributed by atoms with van der Waals surface area (Å²) >= 11 is 0. The first-order valence-electron chi connectivity index (χ1n) is 6.95. The molecular formula is C16H16O3. The van der Waals surface area contributed by atoms with E-state index < -0.39 is 0 Å². The summed E-state index contributed by atoms with van der Waals surface area (Å²) in [7, 11) is 0. The van der Waals surface area contributed by atoms with Gasteiger partial charge in [0.1, 0.15) is 6.10 Å². The first kappa shape index (κ1) is 11.1. The van der Waals surface area contributed by atoms with Crippen molar-refractivity contribution in [3.63, 3.8) is 0 Å². The van der Waals surface area contributed by atoms with Gasteiger partial charge in [-0.25, -0.2) is 0 Å². The minimum absolute atomic E-state index is 0.119. The van der Waals surface area contributed by atoms with Crippen molar-refractivity contribution < 1.29 is 14.6 Å². The summed E-state index contributed by atoms with van der Waals surface area (Å²) in [6.07, 6.45) is 8.35. The Kier molecular flexibility index (Phi) is 2.12. The van der Waals surface area contributed by atoms with Gasteiger partial charge in [-0.2, -0.15) is 0 Å². The Hall–Kier alpha value is -1.77. The lowest BCUT2D eigenvalue weighted by molar-refractivity contribution is -0.117. The van der Waals surface area contributed by atoms with E-state index in [0.29, 0.717) is 12.2 Å². The first-order valence-corrected chi connectivity index (χ1v) is 6.95. The van der Waals surface area contributed by atoms with Gasteiger partial charge in [-0.15, -0.1) is 0 Å². The average molecular weight is 256 g/mol. The molecule has 2 atom stereocenters. The minimum Gasteiger partial charge on any atom is -0.504 e. The zero-order chi connectivity index (χ0) is 13.0. The van der Waals surface area contributed by atoms with Crippen LogP contribution >= 0.6 is 0 Å². The van der Waals surface area contributed by atoms with Crippen LogP contribution in [0.5, 0.6) is 11.5 Å². The minimum atomic E-state index is -0.187. The highest BCUT2D eigenvalue weighted by Gasteiger charge is 2.51. The molecule has 1 aliphatic heterocycles. The Balaban J connectivity index is 2.00. The van der Waals surface area contributed by atoms with E-state index >= 15 is 0 Å². The molecule has 1 heterocycles. The number of rotatable bonds is 0. The molecule has 1 spiro atoms. The molecule has 0 saturated heterocycles. The van der Waals surface area contributed by atoms with Crippen LogP contribution in [0.15, 0.2) is 24.3 Å². The average Bonchev–Trinajstić information content (AvgIpc) is 2.61. The molecule has 1 aromatic carbocycles. The van der Waals surface area contributed by atoms with Crippen LogP contribution in [0, 0.1) is 0 Å². The van der Waals surface area contributed by atoms with Crippen LogP contribution in [0.1, 0.15) is 36.8 Å².